The van der Waals surface area contributed by atoms with Gasteiger partial charge in [-0.2, -0.15) is 4.57 Å². The van der Waals surface area contributed by atoms with Crippen molar-refractivity contribution in [3.05, 3.63) is 53.3 Å². The predicted octanol–water partition coefficient (Wildman–Crippen LogP) is 6.22. The molecule has 1 aliphatic carbocycles. The van der Waals surface area contributed by atoms with E-state index >= 15 is 0 Å². The van der Waals surface area contributed by atoms with Gasteiger partial charge in [-0.05, 0) is 70.9 Å². The van der Waals surface area contributed by atoms with Gasteiger partial charge in [-0.15, -0.1) is 0 Å². The Morgan fingerprint density at radius 2 is 1.71 bits per heavy atom. The van der Waals surface area contributed by atoms with Crippen LogP contribution < -0.4 is 9.47 Å². The summed E-state index contributed by atoms with van der Waals surface area (Å²) in [5.41, 5.74) is 7.47. The summed E-state index contributed by atoms with van der Waals surface area (Å²) in [5.74, 6) is 0. The second kappa shape index (κ2) is 6.90. The molecule has 0 radical (unpaired) electrons. The van der Waals surface area contributed by atoms with Gasteiger partial charge < -0.3 is 4.90 Å². The minimum Gasteiger partial charge on any atom is -0.363 e. The average molecular weight is 378 g/mol. The first-order valence-electron chi connectivity index (χ1n) is 11.1. The molecule has 1 spiro atoms. The lowest BCUT2D eigenvalue weighted by Crippen LogP contribution is -2.45. The Kier molecular flexibility index (Phi) is 4.80. The number of aryl methyl sites for hydroxylation is 2. The maximum atomic E-state index is 2.78. The molecule has 1 aromatic carbocycles. The van der Waals surface area contributed by atoms with Gasteiger partial charge in [0.1, 0.15) is 0 Å². The summed E-state index contributed by atoms with van der Waals surface area (Å²) in [7, 11) is 0. The van der Waals surface area contributed by atoms with Gasteiger partial charge >= 0.3 is 0 Å². The first-order valence-corrected chi connectivity index (χ1v) is 11.1. The zero-order valence-electron chi connectivity index (χ0n) is 18.7. The number of nitrogens with zero attached hydrogens (tertiary/aromatic N) is 2. The molecule has 150 valence electrons. The second-order valence-corrected chi connectivity index (χ2v) is 10.1. The molecule has 4 rings (SSSR count). The fourth-order valence-electron chi connectivity index (χ4n) is 6.40. The monoisotopic (exact) mass is 377 g/mol. The van der Waals surface area contributed by atoms with E-state index in [-0.39, 0.29) is 5.54 Å². The van der Waals surface area contributed by atoms with E-state index < -0.39 is 0 Å². The topological polar surface area (TPSA) is 7.12 Å². The lowest BCUT2D eigenvalue weighted by molar-refractivity contribution is -0.603. The fraction of sp³-hybridized carbons (Fsp3) is 0.577. The minimum absolute atomic E-state index is 0.197. The van der Waals surface area contributed by atoms with Crippen molar-refractivity contribution in [3.63, 3.8) is 0 Å². The highest BCUT2D eigenvalue weighted by atomic mass is 15.3. The van der Waals surface area contributed by atoms with Gasteiger partial charge in [0, 0.05) is 48.0 Å². The number of rotatable bonds is 2. The van der Waals surface area contributed by atoms with E-state index in [0.717, 1.165) is 0 Å². The molecule has 1 saturated heterocycles. The first kappa shape index (κ1) is 19.5. The Labute approximate surface area is 171 Å². The lowest BCUT2D eigenvalue weighted by atomic mass is 9.68. The van der Waals surface area contributed by atoms with E-state index in [4.69, 9.17) is 0 Å². The Morgan fingerprint density at radius 1 is 1.00 bits per heavy atom. The van der Waals surface area contributed by atoms with Crippen molar-refractivity contribution in [2.24, 2.45) is 5.41 Å². The van der Waals surface area contributed by atoms with Crippen LogP contribution in [0.3, 0.4) is 0 Å². The molecule has 1 aromatic heterocycles. The summed E-state index contributed by atoms with van der Waals surface area (Å²) in [5, 5.41) is 0. The van der Waals surface area contributed by atoms with Crippen molar-refractivity contribution < 1.29 is 4.57 Å². The van der Waals surface area contributed by atoms with Crippen molar-refractivity contribution in [1.29, 1.82) is 0 Å². The number of hydrogen-bond acceptors (Lipinski definition) is 1. The molecule has 1 saturated carbocycles. The van der Waals surface area contributed by atoms with E-state index in [1.165, 1.54) is 66.7 Å². The van der Waals surface area contributed by atoms with Crippen molar-refractivity contribution in [2.45, 2.75) is 91.6 Å². The highest BCUT2D eigenvalue weighted by molar-refractivity contribution is 5.64. The van der Waals surface area contributed by atoms with Crippen molar-refractivity contribution in [1.82, 2.24) is 0 Å². The Balaban J connectivity index is 1.84. The molecule has 2 nitrogen and oxygen atoms in total. The molecule has 0 unspecified atom stereocenters. The van der Waals surface area contributed by atoms with Crippen LogP contribution in [0.25, 0.3) is 5.69 Å². The lowest BCUT2D eigenvalue weighted by Gasteiger charge is -2.41. The van der Waals surface area contributed by atoms with Gasteiger partial charge in [0.15, 0.2) is 11.9 Å². The molecule has 0 amide bonds. The van der Waals surface area contributed by atoms with Crippen LogP contribution in [-0.2, 0) is 0 Å². The average Bonchev–Trinajstić information content (AvgIpc) is 2.83. The molecule has 1 atom stereocenters. The summed E-state index contributed by atoms with van der Waals surface area (Å²) in [6, 6.07) is 11.8. The molecule has 2 heteroatoms. The molecular weight excluding hydrogens is 340 g/mol. The largest absolute Gasteiger partial charge is 0.363 e. The maximum absolute atomic E-state index is 2.78. The summed E-state index contributed by atoms with van der Waals surface area (Å²) >= 11 is 0. The van der Waals surface area contributed by atoms with E-state index in [2.05, 4.69) is 87.5 Å². The molecule has 28 heavy (non-hydrogen) atoms. The van der Waals surface area contributed by atoms with Crippen LogP contribution in [0.2, 0.25) is 0 Å². The zero-order valence-corrected chi connectivity index (χ0v) is 18.7. The van der Waals surface area contributed by atoms with Crippen LogP contribution in [0.15, 0.2) is 36.5 Å². The quantitative estimate of drug-likeness (QED) is 0.564. The van der Waals surface area contributed by atoms with E-state index in [1.807, 2.05) is 0 Å². The van der Waals surface area contributed by atoms with E-state index in [9.17, 15) is 0 Å². The highest BCUT2D eigenvalue weighted by Crippen LogP contribution is 2.56. The number of pyridine rings is 1. The van der Waals surface area contributed by atoms with Gasteiger partial charge in [-0.1, -0.05) is 25.3 Å². The van der Waals surface area contributed by atoms with Crippen LogP contribution in [0, 0.1) is 26.2 Å². The molecule has 2 heterocycles. The van der Waals surface area contributed by atoms with E-state index in [1.54, 1.807) is 0 Å². The fourth-order valence-corrected chi connectivity index (χ4v) is 6.40. The second-order valence-electron chi connectivity index (χ2n) is 10.1. The molecule has 2 aromatic rings. The third-order valence-electron chi connectivity index (χ3n) is 7.64. The zero-order chi connectivity index (χ0) is 20.1. The van der Waals surface area contributed by atoms with Crippen LogP contribution in [0.5, 0.6) is 0 Å². The summed E-state index contributed by atoms with van der Waals surface area (Å²) in [6.45, 7) is 14.2. The maximum Gasteiger partial charge on any atom is 0.216 e. The Bertz CT molecular complexity index is 874. The highest BCUT2D eigenvalue weighted by Gasteiger charge is 2.54. The molecule has 2 fully saturated rings. The van der Waals surface area contributed by atoms with E-state index in [0.29, 0.717) is 11.5 Å². The number of aromatic nitrogens is 1. The van der Waals surface area contributed by atoms with Crippen molar-refractivity contribution in [2.75, 3.05) is 4.90 Å². The minimum atomic E-state index is 0.197. The molecule has 2 aliphatic rings. The summed E-state index contributed by atoms with van der Waals surface area (Å²) in [6.07, 6.45) is 10.6. The van der Waals surface area contributed by atoms with Gasteiger partial charge in [0.05, 0.1) is 0 Å². The normalized spacial score (nSPS) is 23.4. The van der Waals surface area contributed by atoms with Crippen LogP contribution in [0.1, 0.15) is 76.1 Å². The first-order chi connectivity index (χ1) is 13.3. The summed E-state index contributed by atoms with van der Waals surface area (Å²) in [4.78, 5) is 2.78. The van der Waals surface area contributed by atoms with Gasteiger partial charge in [0.2, 0.25) is 5.69 Å². The number of hydrogen-bond donors (Lipinski definition) is 0. The van der Waals surface area contributed by atoms with Gasteiger partial charge in [0.25, 0.3) is 0 Å². The smallest absolute Gasteiger partial charge is 0.216 e. The SMILES string of the molecule is Cc1cc(N2[C@H](C)C3(CCCCC3)CC2(C)C)c(C)c(-[n+]2ccccc2C)c1. The van der Waals surface area contributed by atoms with Crippen molar-refractivity contribution in [3.8, 4) is 5.69 Å². The molecule has 1 aliphatic heterocycles. The van der Waals surface area contributed by atoms with Crippen molar-refractivity contribution >= 4 is 5.69 Å². The number of benzene rings is 1. The Hall–Kier alpha value is -1.83. The van der Waals surface area contributed by atoms with Crippen LogP contribution in [-0.4, -0.2) is 11.6 Å². The molecular formula is C26H37N2+. The van der Waals surface area contributed by atoms with Crippen LogP contribution in [0.4, 0.5) is 5.69 Å². The predicted molar refractivity (Wildman–Crippen MR) is 118 cm³/mol. The molecule has 0 N–H and O–H groups in total. The molecule has 0 bridgehead atoms. The summed E-state index contributed by atoms with van der Waals surface area (Å²) < 4.78 is 2.34. The third kappa shape index (κ3) is 3.06. The van der Waals surface area contributed by atoms with Gasteiger partial charge in [-0.3, -0.25) is 0 Å². The number of anilines is 1. The Morgan fingerprint density at radius 3 is 2.39 bits per heavy atom. The third-order valence-corrected chi connectivity index (χ3v) is 7.64. The van der Waals surface area contributed by atoms with Crippen LogP contribution >= 0.6 is 0 Å². The standard InChI is InChI=1S/C26H37N2/c1-19-16-23(27-15-11-8-12-20(27)2)21(3)24(17-19)28-22(4)26(18-25(28,5)6)13-9-7-10-14-26/h8,11-12,15-17,22H,7,9-10,13-14,18H2,1-6H3/q+1/t22-/m1/s1. The van der Waals surface area contributed by atoms with Gasteiger partial charge in [-0.25, -0.2) is 0 Å².